The van der Waals surface area contributed by atoms with Crippen molar-refractivity contribution in [2.75, 3.05) is 26.7 Å². The van der Waals surface area contributed by atoms with Crippen LogP contribution in [-0.4, -0.2) is 71.5 Å². The predicted molar refractivity (Wildman–Crippen MR) is 95.1 cm³/mol. The largest absolute Gasteiger partial charge is 0.480 e. The Hall–Kier alpha value is -2.88. The number of aliphatic imine (C=N–C) groups is 1. The van der Waals surface area contributed by atoms with E-state index >= 15 is 0 Å². The number of esters is 1. The number of rotatable bonds is 5. The number of alkyl halides is 2. The first-order valence-electron chi connectivity index (χ1n) is 8.59. The monoisotopic (exact) mass is 394 g/mol. The van der Waals surface area contributed by atoms with Crippen LogP contribution in [0, 0.1) is 6.92 Å². The zero-order chi connectivity index (χ0) is 20.5. The molecule has 1 fully saturated rings. The van der Waals surface area contributed by atoms with Gasteiger partial charge in [0.2, 0.25) is 0 Å². The number of amidine groups is 1. The van der Waals surface area contributed by atoms with Gasteiger partial charge in [0.25, 0.3) is 5.92 Å². The fourth-order valence-corrected chi connectivity index (χ4v) is 3.26. The molecule has 1 atom stereocenters. The quantitative estimate of drug-likeness (QED) is 0.717. The summed E-state index contributed by atoms with van der Waals surface area (Å²) in [7, 11) is 1.21. The lowest BCUT2D eigenvalue weighted by molar-refractivity contribution is -0.142. The molecule has 2 N–H and O–H groups in total. The number of carboxylic acids is 1. The Morgan fingerprint density at radius 1 is 1.46 bits per heavy atom. The highest BCUT2D eigenvalue weighted by Crippen LogP contribution is 2.33. The number of pyridine rings is 1. The number of carbonyl (C=O) groups is 2. The minimum absolute atomic E-state index is 0.0259. The second-order valence-electron chi connectivity index (χ2n) is 6.78. The van der Waals surface area contributed by atoms with E-state index in [9.17, 15) is 23.5 Å². The molecule has 0 saturated carbocycles. The lowest BCUT2D eigenvalue weighted by atomic mass is 10.1. The van der Waals surface area contributed by atoms with Crippen molar-refractivity contribution in [2.45, 2.75) is 25.3 Å². The Morgan fingerprint density at radius 3 is 2.86 bits per heavy atom. The number of likely N-dealkylation sites (tertiary alicyclic amines) is 1. The molecule has 1 unspecified atom stereocenters. The minimum atomic E-state index is -3.11. The van der Waals surface area contributed by atoms with Crippen LogP contribution in [0.2, 0.25) is 0 Å². The molecule has 1 aromatic heterocycles. The average Bonchev–Trinajstić information content (AvgIpc) is 2.95. The van der Waals surface area contributed by atoms with Crippen LogP contribution < -0.4 is 5.32 Å². The van der Waals surface area contributed by atoms with Crippen molar-refractivity contribution in [1.29, 1.82) is 0 Å². The molecule has 1 aromatic rings. The number of hydrogen-bond donors (Lipinski definition) is 2. The predicted octanol–water partition coefficient (Wildman–Crippen LogP) is 0.961. The van der Waals surface area contributed by atoms with E-state index in [0.29, 0.717) is 11.5 Å². The number of halogens is 2. The topological polar surface area (TPSA) is 104 Å². The van der Waals surface area contributed by atoms with Gasteiger partial charge < -0.3 is 15.2 Å². The van der Waals surface area contributed by atoms with Crippen LogP contribution in [0.25, 0.3) is 0 Å². The maximum atomic E-state index is 13.8. The van der Waals surface area contributed by atoms with Gasteiger partial charge in [0.15, 0.2) is 5.84 Å². The smallest absolute Gasteiger partial charge is 0.337 e. The van der Waals surface area contributed by atoms with Crippen molar-refractivity contribution in [3.05, 3.63) is 40.9 Å². The standard InChI is InChI=1S/C18H20F2N4O4/c1-10-3-4-21-12(5-10)15-22-7-11(17(27)28-2)13(23-15)8-24-9-18(19,20)6-14(24)16(25)26/h3-5,14H,6-9H2,1-2H3,(H,22,23)(H,25,26). The van der Waals surface area contributed by atoms with Gasteiger partial charge in [-0.05, 0) is 24.6 Å². The number of methoxy groups -OCH3 is 1. The number of hydrogen-bond acceptors (Lipinski definition) is 7. The average molecular weight is 394 g/mol. The van der Waals surface area contributed by atoms with Gasteiger partial charge in [-0.25, -0.2) is 13.6 Å². The van der Waals surface area contributed by atoms with Crippen LogP contribution in [-0.2, 0) is 14.3 Å². The maximum Gasteiger partial charge on any atom is 0.337 e. The normalized spacial score (nSPS) is 21.9. The van der Waals surface area contributed by atoms with Gasteiger partial charge in [-0.1, -0.05) is 0 Å². The van der Waals surface area contributed by atoms with E-state index in [1.807, 2.05) is 13.0 Å². The summed E-state index contributed by atoms with van der Waals surface area (Å²) < 4.78 is 32.4. The fraction of sp³-hybridized carbons (Fsp3) is 0.444. The Kier molecular flexibility index (Phi) is 5.41. The Morgan fingerprint density at radius 2 is 2.21 bits per heavy atom. The summed E-state index contributed by atoms with van der Waals surface area (Å²) in [5.74, 6) is -4.72. The molecule has 0 spiro atoms. The fourth-order valence-electron chi connectivity index (χ4n) is 3.26. The third-order valence-electron chi connectivity index (χ3n) is 4.63. The number of ether oxygens (including phenoxy) is 1. The summed E-state index contributed by atoms with van der Waals surface area (Å²) in [6.45, 7) is 0.970. The molecule has 3 rings (SSSR count). The number of aromatic nitrogens is 1. The van der Waals surface area contributed by atoms with E-state index in [0.717, 1.165) is 10.5 Å². The highest BCUT2D eigenvalue weighted by atomic mass is 19.3. The first-order chi connectivity index (χ1) is 13.2. The molecule has 10 heteroatoms. The molecule has 2 aliphatic heterocycles. The van der Waals surface area contributed by atoms with Crippen LogP contribution in [0.3, 0.4) is 0 Å². The highest BCUT2D eigenvalue weighted by molar-refractivity contribution is 6.02. The SMILES string of the molecule is COC(=O)C1=C(CN2CC(F)(F)CC2C(=O)O)NC(c2cc(C)ccn2)=NC1. The lowest BCUT2D eigenvalue weighted by Crippen LogP contribution is -2.43. The van der Waals surface area contributed by atoms with E-state index in [-0.39, 0.29) is 24.4 Å². The second-order valence-corrected chi connectivity index (χ2v) is 6.78. The van der Waals surface area contributed by atoms with Crippen molar-refractivity contribution in [3.63, 3.8) is 0 Å². The molecular formula is C18H20F2N4O4. The molecule has 0 aliphatic carbocycles. The van der Waals surface area contributed by atoms with Crippen molar-refractivity contribution in [2.24, 2.45) is 4.99 Å². The molecule has 0 bridgehead atoms. The Bertz CT molecular complexity index is 869. The number of nitrogens with one attached hydrogen (secondary N) is 1. The minimum Gasteiger partial charge on any atom is -0.480 e. The van der Waals surface area contributed by atoms with Gasteiger partial charge in [-0.15, -0.1) is 0 Å². The first-order valence-corrected chi connectivity index (χ1v) is 8.59. The summed E-state index contributed by atoms with van der Waals surface area (Å²) in [6, 6.07) is 2.26. The molecular weight excluding hydrogens is 374 g/mol. The zero-order valence-electron chi connectivity index (χ0n) is 15.4. The second kappa shape index (κ2) is 7.63. The van der Waals surface area contributed by atoms with Crippen molar-refractivity contribution >= 4 is 17.8 Å². The Labute approximate surface area is 159 Å². The van der Waals surface area contributed by atoms with Gasteiger partial charge in [-0.3, -0.25) is 19.7 Å². The summed E-state index contributed by atoms with van der Waals surface area (Å²) in [5.41, 5.74) is 1.93. The van der Waals surface area contributed by atoms with Gasteiger partial charge in [0.05, 0.1) is 25.8 Å². The van der Waals surface area contributed by atoms with E-state index in [2.05, 4.69) is 15.3 Å². The van der Waals surface area contributed by atoms with Crippen LogP contribution in [0.5, 0.6) is 0 Å². The number of nitrogens with zero attached hydrogens (tertiary/aromatic N) is 3. The van der Waals surface area contributed by atoms with Crippen LogP contribution in [0.4, 0.5) is 8.78 Å². The number of aryl methyl sites for hydroxylation is 1. The number of aliphatic carboxylic acids is 1. The molecule has 0 radical (unpaired) electrons. The van der Waals surface area contributed by atoms with Crippen LogP contribution in [0.15, 0.2) is 34.6 Å². The molecule has 8 nitrogen and oxygen atoms in total. The molecule has 2 aliphatic rings. The van der Waals surface area contributed by atoms with Crippen molar-refractivity contribution in [3.8, 4) is 0 Å². The third-order valence-corrected chi connectivity index (χ3v) is 4.63. The summed E-state index contributed by atoms with van der Waals surface area (Å²) >= 11 is 0. The van der Waals surface area contributed by atoms with Gasteiger partial charge >= 0.3 is 11.9 Å². The summed E-state index contributed by atoms with van der Waals surface area (Å²) in [6.07, 6.45) is 0.832. The third kappa shape index (κ3) is 4.16. The molecule has 0 amide bonds. The van der Waals surface area contributed by atoms with E-state index in [1.54, 1.807) is 12.3 Å². The highest BCUT2D eigenvalue weighted by Gasteiger charge is 2.48. The van der Waals surface area contributed by atoms with Crippen LogP contribution >= 0.6 is 0 Å². The molecule has 28 heavy (non-hydrogen) atoms. The number of carboxylic acid groups (broad SMARTS) is 1. The molecule has 1 saturated heterocycles. The van der Waals surface area contributed by atoms with Crippen molar-refractivity contribution in [1.82, 2.24) is 15.2 Å². The molecule has 0 aromatic carbocycles. The van der Waals surface area contributed by atoms with E-state index in [4.69, 9.17) is 4.74 Å². The maximum absolute atomic E-state index is 13.8. The summed E-state index contributed by atoms with van der Waals surface area (Å²) in [5, 5.41) is 12.3. The number of carbonyl (C=O) groups excluding carboxylic acids is 1. The first kappa shape index (κ1) is 19.9. The van der Waals surface area contributed by atoms with Gasteiger partial charge in [0.1, 0.15) is 11.7 Å². The van der Waals surface area contributed by atoms with Gasteiger partial charge in [0, 0.05) is 24.9 Å². The summed E-state index contributed by atoms with van der Waals surface area (Å²) in [4.78, 5) is 33.2. The van der Waals surface area contributed by atoms with Gasteiger partial charge in [-0.2, -0.15) is 0 Å². The van der Waals surface area contributed by atoms with Crippen LogP contribution in [0.1, 0.15) is 17.7 Å². The molecule has 3 heterocycles. The zero-order valence-corrected chi connectivity index (χ0v) is 15.4. The Balaban J connectivity index is 1.89. The lowest BCUT2D eigenvalue weighted by Gasteiger charge is -2.26. The molecule has 150 valence electrons. The van der Waals surface area contributed by atoms with E-state index < -0.39 is 36.9 Å². The van der Waals surface area contributed by atoms with E-state index in [1.165, 1.54) is 7.11 Å². The van der Waals surface area contributed by atoms with Crippen molar-refractivity contribution < 1.29 is 28.2 Å².